The lowest BCUT2D eigenvalue weighted by Crippen LogP contribution is -2.26. The Bertz CT molecular complexity index is 1470. The number of fused-ring (bicyclic) bond motifs is 1. The van der Waals surface area contributed by atoms with Crippen molar-refractivity contribution in [3.8, 4) is 17.0 Å². The van der Waals surface area contributed by atoms with Crippen molar-refractivity contribution in [3.05, 3.63) is 65.9 Å². The van der Waals surface area contributed by atoms with E-state index in [1.54, 1.807) is 30.0 Å². The molecule has 2 heterocycles. The van der Waals surface area contributed by atoms with Crippen LogP contribution in [-0.4, -0.2) is 46.4 Å². The first-order valence-electron chi connectivity index (χ1n) is 12.1. The maximum absolute atomic E-state index is 12.8. The third-order valence-electron chi connectivity index (χ3n) is 6.13. The number of hydrogen-bond donors (Lipinski definition) is 2. The molecular weight excluding hydrogens is 515 g/mol. The van der Waals surface area contributed by atoms with E-state index < -0.39 is 12.6 Å². The van der Waals surface area contributed by atoms with E-state index in [9.17, 15) is 18.0 Å². The van der Waals surface area contributed by atoms with Gasteiger partial charge in [0.2, 0.25) is 0 Å². The van der Waals surface area contributed by atoms with Crippen LogP contribution in [0.5, 0.6) is 5.75 Å². The highest BCUT2D eigenvalue weighted by molar-refractivity contribution is 7.99. The summed E-state index contributed by atoms with van der Waals surface area (Å²) < 4.78 is 45.3. The Morgan fingerprint density at radius 2 is 1.92 bits per heavy atom. The summed E-state index contributed by atoms with van der Waals surface area (Å²) in [7, 11) is 1.59. The summed E-state index contributed by atoms with van der Waals surface area (Å²) in [4.78, 5) is 17.9. The molecule has 1 aliphatic carbocycles. The first-order chi connectivity index (χ1) is 18.2. The maximum atomic E-state index is 12.8. The van der Waals surface area contributed by atoms with E-state index in [2.05, 4.69) is 15.6 Å². The fraction of sp³-hybridized carbons (Fsp3) is 0.296. The average Bonchev–Trinajstić information content (AvgIpc) is 3.58. The molecule has 2 aromatic heterocycles. The number of imidazole rings is 1. The van der Waals surface area contributed by atoms with Crippen molar-refractivity contribution < 1.29 is 22.7 Å². The van der Waals surface area contributed by atoms with Gasteiger partial charge in [-0.25, -0.2) is 9.50 Å². The average molecular weight is 542 g/mol. The van der Waals surface area contributed by atoms with Crippen LogP contribution in [0.25, 0.3) is 16.9 Å². The Hall–Kier alpha value is -3.73. The largest absolute Gasteiger partial charge is 0.497 e. The summed E-state index contributed by atoms with van der Waals surface area (Å²) in [6.07, 6.45) is -1.60. The third-order valence-corrected chi connectivity index (χ3v) is 7.05. The van der Waals surface area contributed by atoms with E-state index in [0.29, 0.717) is 33.4 Å². The first kappa shape index (κ1) is 25.9. The molecule has 1 saturated carbocycles. The third kappa shape index (κ3) is 6.04. The normalized spacial score (nSPS) is 13.5. The maximum Gasteiger partial charge on any atom is 0.390 e. The lowest BCUT2D eigenvalue weighted by Gasteiger charge is -2.13. The Balaban J connectivity index is 1.49. The van der Waals surface area contributed by atoms with Crippen molar-refractivity contribution in [1.82, 2.24) is 19.9 Å². The van der Waals surface area contributed by atoms with E-state index >= 15 is 0 Å². The molecular formula is C27H26F3N5O2S. The zero-order valence-corrected chi connectivity index (χ0v) is 21.6. The number of carbonyl (C=O) groups excluding carboxylic acids is 1. The second-order valence-corrected chi connectivity index (χ2v) is 10.2. The van der Waals surface area contributed by atoms with Crippen LogP contribution in [0.2, 0.25) is 0 Å². The van der Waals surface area contributed by atoms with E-state index in [1.807, 2.05) is 43.3 Å². The molecule has 2 N–H and O–H groups in total. The molecule has 1 fully saturated rings. The van der Waals surface area contributed by atoms with Crippen molar-refractivity contribution in [2.45, 2.75) is 48.3 Å². The number of ether oxygens (including phenoxy) is 1. The van der Waals surface area contributed by atoms with Crippen LogP contribution in [0, 0.1) is 6.92 Å². The van der Waals surface area contributed by atoms with Crippen molar-refractivity contribution in [3.63, 3.8) is 0 Å². The number of aromatic nitrogens is 3. The molecule has 198 valence electrons. The molecule has 4 aromatic rings. The topological polar surface area (TPSA) is 80.5 Å². The number of amides is 1. The number of alkyl halides is 3. The number of methoxy groups -OCH3 is 1. The highest BCUT2D eigenvalue weighted by Crippen LogP contribution is 2.33. The summed E-state index contributed by atoms with van der Waals surface area (Å²) in [5.41, 5.74) is 3.72. The summed E-state index contributed by atoms with van der Waals surface area (Å²) in [5.74, 6) is 0.621. The molecule has 0 unspecified atom stereocenters. The second kappa shape index (κ2) is 10.6. The summed E-state index contributed by atoms with van der Waals surface area (Å²) in [6, 6.07) is 14.9. The summed E-state index contributed by atoms with van der Waals surface area (Å²) in [5, 5.41) is 11.2. The van der Waals surface area contributed by atoms with Gasteiger partial charge < -0.3 is 15.4 Å². The minimum atomic E-state index is -4.28. The quantitative estimate of drug-likeness (QED) is 0.266. The Morgan fingerprint density at radius 3 is 2.58 bits per heavy atom. The molecule has 11 heteroatoms. The Morgan fingerprint density at radius 1 is 1.16 bits per heavy atom. The number of halogens is 3. The van der Waals surface area contributed by atoms with Crippen LogP contribution in [-0.2, 0) is 0 Å². The monoisotopic (exact) mass is 541 g/mol. The highest BCUT2D eigenvalue weighted by Gasteiger charge is 2.27. The van der Waals surface area contributed by atoms with Gasteiger partial charge in [-0.15, -0.1) is 0 Å². The molecule has 0 radical (unpaired) electrons. The molecule has 0 spiro atoms. The lowest BCUT2D eigenvalue weighted by molar-refractivity contribution is -0.131. The van der Waals surface area contributed by atoms with Gasteiger partial charge in [0.15, 0.2) is 5.65 Å². The van der Waals surface area contributed by atoms with Crippen molar-refractivity contribution in [1.29, 1.82) is 0 Å². The Labute approximate surface area is 221 Å². The van der Waals surface area contributed by atoms with Gasteiger partial charge in [-0.1, -0.05) is 17.8 Å². The van der Waals surface area contributed by atoms with Gasteiger partial charge >= 0.3 is 6.18 Å². The fourth-order valence-electron chi connectivity index (χ4n) is 3.99. The number of carbonyl (C=O) groups is 1. The Kier molecular flexibility index (Phi) is 7.20. The molecule has 0 aliphatic heterocycles. The van der Waals surface area contributed by atoms with E-state index in [0.717, 1.165) is 28.9 Å². The van der Waals surface area contributed by atoms with Gasteiger partial charge in [-0.3, -0.25) is 4.79 Å². The van der Waals surface area contributed by atoms with Gasteiger partial charge in [0.05, 0.1) is 31.1 Å². The lowest BCUT2D eigenvalue weighted by atomic mass is 10.0. The van der Waals surface area contributed by atoms with Crippen molar-refractivity contribution >= 4 is 29.0 Å². The van der Waals surface area contributed by atoms with Gasteiger partial charge in [0.25, 0.3) is 5.91 Å². The van der Waals surface area contributed by atoms with Crippen molar-refractivity contribution in [2.24, 2.45) is 0 Å². The number of nitrogens with zero attached hydrogens (tertiary/aromatic N) is 3. The first-order valence-corrected chi connectivity index (χ1v) is 12.9. The molecule has 5 rings (SSSR count). The number of benzene rings is 2. The zero-order chi connectivity index (χ0) is 26.9. The number of anilines is 1. The molecule has 1 aliphatic rings. The highest BCUT2D eigenvalue weighted by atomic mass is 32.2. The summed E-state index contributed by atoms with van der Waals surface area (Å²) in [6.45, 7) is 1.58. The molecule has 38 heavy (non-hydrogen) atoms. The van der Waals surface area contributed by atoms with Gasteiger partial charge in [-0.05, 0) is 67.8 Å². The minimum absolute atomic E-state index is 0.0952. The van der Waals surface area contributed by atoms with E-state index in [4.69, 9.17) is 9.84 Å². The predicted octanol–water partition coefficient (Wildman–Crippen LogP) is 6.12. The minimum Gasteiger partial charge on any atom is -0.497 e. The number of aryl methyl sites for hydroxylation is 1. The van der Waals surface area contributed by atoms with Crippen LogP contribution in [0.4, 0.5) is 18.9 Å². The van der Waals surface area contributed by atoms with E-state index in [-0.39, 0.29) is 18.5 Å². The molecule has 0 saturated heterocycles. The van der Waals surface area contributed by atoms with Gasteiger partial charge in [-0.2, -0.15) is 18.3 Å². The fourth-order valence-corrected chi connectivity index (χ4v) is 4.81. The summed E-state index contributed by atoms with van der Waals surface area (Å²) >= 11 is 1.37. The molecule has 0 atom stereocenters. The standard InChI is InChI=1S/C27H26F3N5O2S/c1-16-13-17(3-10-21(16)26(36)33-18-4-5-18)23-15-32-25-22(31-12-11-27(28,29)30)14-24(34-35(23)25)38-20-8-6-19(37-2)7-9-20/h3,6-10,13-15,18,31H,4-5,11-12H2,1-2H3,(H,33,36). The van der Waals surface area contributed by atoms with Gasteiger partial charge in [0.1, 0.15) is 10.8 Å². The van der Waals surface area contributed by atoms with Crippen LogP contribution >= 0.6 is 11.8 Å². The number of nitrogens with one attached hydrogen (secondary N) is 2. The number of hydrogen-bond acceptors (Lipinski definition) is 6. The number of rotatable bonds is 9. The SMILES string of the molecule is COc1ccc(Sc2cc(NCCC(F)(F)F)c3ncc(-c4ccc(C(=O)NC5CC5)c(C)c4)n3n2)cc1. The zero-order valence-electron chi connectivity index (χ0n) is 20.8. The molecule has 0 bridgehead atoms. The smallest absolute Gasteiger partial charge is 0.390 e. The molecule has 1 amide bonds. The molecule has 7 nitrogen and oxygen atoms in total. The predicted molar refractivity (Wildman–Crippen MR) is 140 cm³/mol. The molecule has 2 aromatic carbocycles. The van der Waals surface area contributed by atoms with Gasteiger partial charge in [0, 0.05) is 28.6 Å². The van der Waals surface area contributed by atoms with Crippen LogP contribution in [0.15, 0.2) is 64.6 Å². The second-order valence-electron chi connectivity index (χ2n) is 9.12. The van der Waals surface area contributed by atoms with Crippen LogP contribution in [0.3, 0.4) is 0 Å². The van der Waals surface area contributed by atoms with Crippen molar-refractivity contribution in [2.75, 3.05) is 19.0 Å². The van der Waals surface area contributed by atoms with Crippen LogP contribution < -0.4 is 15.4 Å². The van der Waals surface area contributed by atoms with Crippen LogP contribution in [0.1, 0.15) is 35.2 Å². The van der Waals surface area contributed by atoms with E-state index in [1.165, 1.54) is 11.8 Å².